The van der Waals surface area contributed by atoms with Crippen molar-refractivity contribution in [3.8, 4) is 0 Å². The summed E-state index contributed by atoms with van der Waals surface area (Å²) < 4.78 is 12.9. The number of nitrogen functional groups attached to an aromatic ring is 1. The van der Waals surface area contributed by atoms with Crippen LogP contribution in [0.2, 0.25) is 0 Å². The molecule has 0 unspecified atom stereocenters. The van der Waals surface area contributed by atoms with Crippen LogP contribution in [0.4, 0.5) is 10.2 Å². The molecule has 0 atom stereocenters. The van der Waals surface area contributed by atoms with Crippen molar-refractivity contribution in [3.05, 3.63) is 42.5 Å². The maximum atomic E-state index is 12.9. The second kappa shape index (κ2) is 4.91. The Morgan fingerprint density at radius 1 is 1.31 bits per heavy atom. The predicted octanol–water partition coefficient (Wildman–Crippen LogP) is 2.05. The van der Waals surface area contributed by atoms with Crippen molar-refractivity contribution < 1.29 is 4.39 Å². The summed E-state index contributed by atoms with van der Waals surface area (Å²) in [5, 5.41) is 0.654. The van der Waals surface area contributed by atoms with Crippen molar-refractivity contribution in [2.24, 2.45) is 5.84 Å². The molecule has 4 nitrogen and oxygen atoms in total. The molecule has 16 heavy (non-hydrogen) atoms. The van der Waals surface area contributed by atoms with Gasteiger partial charge in [0.1, 0.15) is 10.8 Å². The van der Waals surface area contributed by atoms with Crippen LogP contribution in [0.3, 0.4) is 0 Å². The van der Waals surface area contributed by atoms with Crippen molar-refractivity contribution in [3.63, 3.8) is 0 Å². The van der Waals surface area contributed by atoms with Gasteiger partial charge in [-0.2, -0.15) is 0 Å². The Morgan fingerprint density at radius 2 is 2.19 bits per heavy atom. The number of aromatic nitrogens is 2. The second-order valence-electron chi connectivity index (χ2n) is 2.95. The summed E-state index contributed by atoms with van der Waals surface area (Å²) in [6, 6.07) is 6.29. The zero-order chi connectivity index (χ0) is 11.4. The van der Waals surface area contributed by atoms with E-state index in [2.05, 4.69) is 15.4 Å². The Bertz CT molecular complexity index is 492. The van der Waals surface area contributed by atoms with Crippen LogP contribution in [0.25, 0.3) is 0 Å². The monoisotopic (exact) mass is 236 g/mol. The van der Waals surface area contributed by atoms with Crippen molar-refractivity contribution >= 4 is 17.6 Å². The van der Waals surface area contributed by atoms with Gasteiger partial charge in [-0.3, -0.25) is 4.98 Å². The molecule has 0 fully saturated rings. The maximum Gasteiger partial charge on any atom is 0.159 e. The number of hydrogen-bond acceptors (Lipinski definition) is 5. The largest absolute Gasteiger partial charge is 0.307 e. The summed E-state index contributed by atoms with van der Waals surface area (Å²) in [4.78, 5) is 8.88. The number of hydrogen-bond donors (Lipinski definition) is 2. The standard InChI is InChI=1S/C10H9FN4S/c11-7-2-1-3-8(4-7)16-10-6-13-5-9(14-10)15-12/h1-6H,12H2,(H,14,15). The molecule has 0 radical (unpaired) electrons. The molecule has 1 aromatic carbocycles. The highest BCUT2D eigenvalue weighted by atomic mass is 32.2. The van der Waals surface area contributed by atoms with Crippen LogP contribution in [-0.4, -0.2) is 9.97 Å². The molecule has 0 aliphatic rings. The predicted molar refractivity (Wildman–Crippen MR) is 60.4 cm³/mol. The first kappa shape index (κ1) is 10.8. The van der Waals surface area contributed by atoms with Crippen LogP contribution < -0.4 is 11.3 Å². The number of nitrogens with zero attached hydrogens (tertiary/aromatic N) is 2. The topological polar surface area (TPSA) is 63.8 Å². The van der Waals surface area contributed by atoms with E-state index in [1.165, 1.54) is 30.1 Å². The van der Waals surface area contributed by atoms with Crippen molar-refractivity contribution in [1.82, 2.24) is 9.97 Å². The quantitative estimate of drug-likeness (QED) is 0.630. The molecular formula is C10H9FN4S. The minimum atomic E-state index is -0.272. The third-order valence-corrected chi connectivity index (χ3v) is 2.67. The van der Waals surface area contributed by atoms with Gasteiger partial charge in [0.2, 0.25) is 0 Å². The Balaban J connectivity index is 2.20. The molecule has 6 heteroatoms. The average molecular weight is 236 g/mol. The zero-order valence-electron chi connectivity index (χ0n) is 8.22. The second-order valence-corrected chi connectivity index (χ2v) is 4.04. The average Bonchev–Trinajstić information content (AvgIpc) is 2.29. The maximum absolute atomic E-state index is 12.9. The van der Waals surface area contributed by atoms with Gasteiger partial charge in [-0.1, -0.05) is 17.8 Å². The Morgan fingerprint density at radius 3 is 2.94 bits per heavy atom. The zero-order valence-corrected chi connectivity index (χ0v) is 9.04. The Hall–Kier alpha value is -1.66. The summed E-state index contributed by atoms with van der Waals surface area (Å²) in [5.41, 5.74) is 2.40. The van der Waals surface area contributed by atoms with Crippen LogP contribution in [0.1, 0.15) is 0 Å². The summed E-state index contributed by atoms with van der Waals surface area (Å²) in [6.45, 7) is 0. The van der Waals surface area contributed by atoms with Crippen LogP contribution in [-0.2, 0) is 0 Å². The molecule has 0 saturated heterocycles. The molecule has 0 spiro atoms. The summed E-state index contributed by atoms with van der Waals surface area (Å²) in [7, 11) is 0. The molecule has 1 heterocycles. The molecule has 0 aliphatic heterocycles. The van der Waals surface area contributed by atoms with Gasteiger partial charge < -0.3 is 5.43 Å². The normalized spacial score (nSPS) is 10.1. The molecule has 2 aromatic rings. The van der Waals surface area contributed by atoms with E-state index < -0.39 is 0 Å². The molecule has 2 rings (SSSR count). The lowest BCUT2D eigenvalue weighted by Gasteiger charge is -2.02. The van der Waals surface area contributed by atoms with Gasteiger partial charge in [-0.25, -0.2) is 15.2 Å². The number of halogens is 1. The van der Waals surface area contributed by atoms with E-state index >= 15 is 0 Å². The van der Waals surface area contributed by atoms with Gasteiger partial charge in [-0.15, -0.1) is 0 Å². The number of anilines is 1. The van der Waals surface area contributed by atoms with Crippen LogP contribution in [0, 0.1) is 5.82 Å². The lowest BCUT2D eigenvalue weighted by Crippen LogP contribution is -2.08. The molecule has 0 aliphatic carbocycles. The fraction of sp³-hybridized carbons (Fsp3) is 0. The van der Waals surface area contributed by atoms with E-state index in [9.17, 15) is 4.39 Å². The van der Waals surface area contributed by atoms with E-state index in [0.29, 0.717) is 10.8 Å². The van der Waals surface area contributed by atoms with E-state index in [0.717, 1.165) is 4.90 Å². The SMILES string of the molecule is NNc1cncc(Sc2cccc(F)c2)n1. The number of nitrogens with two attached hydrogens (primary N) is 1. The van der Waals surface area contributed by atoms with Gasteiger partial charge >= 0.3 is 0 Å². The Labute approximate surface area is 96.1 Å². The summed E-state index contributed by atoms with van der Waals surface area (Å²) in [6.07, 6.45) is 3.10. The van der Waals surface area contributed by atoms with E-state index in [-0.39, 0.29) is 5.82 Å². The van der Waals surface area contributed by atoms with Crippen LogP contribution in [0.5, 0.6) is 0 Å². The van der Waals surface area contributed by atoms with Crippen molar-refractivity contribution in [2.75, 3.05) is 5.43 Å². The minimum absolute atomic E-state index is 0.272. The molecular weight excluding hydrogens is 227 g/mol. The number of rotatable bonds is 3. The van der Waals surface area contributed by atoms with Gasteiger partial charge in [0.05, 0.1) is 12.4 Å². The van der Waals surface area contributed by atoms with Crippen molar-refractivity contribution in [2.45, 2.75) is 9.92 Å². The highest BCUT2D eigenvalue weighted by molar-refractivity contribution is 7.99. The van der Waals surface area contributed by atoms with Gasteiger partial charge in [0.15, 0.2) is 5.82 Å². The first-order chi connectivity index (χ1) is 7.78. The summed E-state index contributed by atoms with van der Waals surface area (Å²) >= 11 is 1.32. The van der Waals surface area contributed by atoms with Crippen LogP contribution in [0.15, 0.2) is 46.6 Å². The first-order valence-electron chi connectivity index (χ1n) is 4.50. The Kier molecular flexibility index (Phi) is 3.33. The van der Waals surface area contributed by atoms with Crippen LogP contribution >= 0.6 is 11.8 Å². The molecule has 0 bridgehead atoms. The van der Waals surface area contributed by atoms with E-state index in [4.69, 9.17) is 5.84 Å². The fourth-order valence-corrected chi connectivity index (χ4v) is 1.94. The molecule has 3 N–H and O–H groups in total. The van der Waals surface area contributed by atoms with E-state index in [1.54, 1.807) is 18.3 Å². The molecule has 0 amide bonds. The smallest absolute Gasteiger partial charge is 0.159 e. The minimum Gasteiger partial charge on any atom is -0.307 e. The van der Waals surface area contributed by atoms with Gasteiger partial charge in [0, 0.05) is 4.90 Å². The number of hydrazine groups is 1. The molecule has 1 aromatic heterocycles. The summed E-state index contributed by atoms with van der Waals surface area (Å²) in [5.74, 6) is 5.42. The number of nitrogens with one attached hydrogen (secondary N) is 1. The number of benzene rings is 1. The lowest BCUT2D eigenvalue weighted by molar-refractivity contribution is 0.624. The first-order valence-corrected chi connectivity index (χ1v) is 5.31. The third-order valence-electron chi connectivity index (χ3n) is 1.78. The van der Waals surface area contributed by atoms with Gasteiger partial charge in [-0.05, 0) is 18.2 Å². The van der Waals surface area contributed by atoms with Crippen molar-refractivity contribution in [1.29, 1.82) is 0 Å². The lowest BCUT2D eigenvalue weighted by atomic mass is 10.4. The highest BCUT2D eigenvalue weighted by Gasteiger charge is 2.01. The van der Waals surface area contributed by atoms with Gasteiger partial charge in [0.25, 0.3) is 0 Å². The van der Waals surface area contributed by atoms with E-state index in [1.807, 2.05) is 0 Å². The molecule has 0 saturated carbocycles. The molecule has 82 valence electrons. The third kappa shape index (κ3) is 2.68. The highest BCUT2D eigenvalue weighted by Crippen LogP contribution is 2.26. The fourth-order valence-electron chi connectivity index (χ4n) is 1.12.